The number of carbonyl (C=O) groups is 1. The third kappa shape index (κ3) is 3.97. The normalized spacial score (nSPS) is 11.0. The molecule has 0 spiro atoms. The molecule has 134 valence electrons. The van der Waals surface area contributed by atoms with Crippen LogP contribution in [0.25, 0.3) is 5.69 Å². The maximum atomic E-state index is 12.8. The molecule has 0 aliphatic carbocycles. The van der Waals surface area contributed by atoms with Crippen LogP contribution in [0.1, 0.15) is 32.9 Å². The van der Waals surface area contributed by atoms with Gasteiger partial charge in [0.15, 0.2) is 5.78 Å². The van der Waals surface area contributed by atoms with Crippen molar-refractivity contribution in [2.24, 2.45) is 0 Å². The fraction of sp³-hybridized carbons (Fsp3) is 0.227. The van der Waals surface area contributed by atoms with E-state index in [-0.39, 0.29) is 5.78 Å². The summed E-state index contributed by atoms with van der Waals surface area (Å²) in [5.41, 5.74) is 6.55. The lowest BCUT2D eigenvalue weighted by Crippen LogP contribution is -2.05. The van der Waals surface area contributed by atoms with Crippen molar-refractivity contribution in [1.29, 1.82) is 0 Å². The zero-order chi connectivity index (χ0) is 18.8. The molecule has 0 unspecified atom stereocenters. The summed E-state index contributed by atoms with van der Waals surface area (Å²) < 4.78 is 3.22. The highest BCUT2D eigenvalue weighted by molar-refractivity contribution is 9.10. The van der Waals surface area contributed by atoms with E-state index in [1.165, 1.54) is 11.1 Å². The summed E-state index contributed by atoms with van der Waals surface area (Å²) in [5, 5.41) is 0. The highest BCUT2D eigenvalue weighted by atomic mass is 79.9. The van der Waals surface area contributed by atoms with Crippen LogP contribution in [0.4, 0.5) is 0 Å². The number of rotatable bonds is 5. The molecule has 0 fully saturated rings. The molecule has 0 saturated heterocycles. The molecule has 0 atom stereocenters. The smallest absolute Gasteiger partial charge is 0.174 e. The molecule has 0 N–H and O–H groups in total. The number of halogens is 1. The second-order valence-corrected chi connectivity index (χ2v) is 8.52. The molecule has 0 bridgehead atoms. The third-order valence-corrected chi connectivity index (χ3v) is 6.20. The molecule has 3 rings (SSSR count). The molecule has 0 amide bonds. The molecular formula is C22H22BrNOS. The minimum Gasteiger partial charge on any atom is -0.318 e. The van der Waals surface area contributed by atoms with Gasteiger partial charge in [0, 0.05) is 32.0 Å². The van der Waals surface area contributed by atoms with Gasteiger partial charge in [-0.3, -0.25) is 4.79 Å². The number of benzene rings is 2. The maximum Gasteiger partial charge on any atom is 0.174 e. The summed E-state index contributed by atoms with van der Waals surface area (Å²) in [6, 6.07) is 16.5. The largest absolute Gasteiger partial charge is 0.318 e. The lowest BCUT2D eigenvalue weighted by Gasteiger charge is -2.12. The first-order chi connectivity index (χ1) is 12.4. The van der Waals surface area contributed by atoms with Gasteiger partial charge in [-0.25, -0.2) is 0 Å². The summed E-state index contributed by atoms with van der Waals surface area (Å²) in [7, 11) is 0. The third-order valence-electron chi connectivity index (χ3n) is 4.66. The molecule has 0 aliphatic rings. The minimum atomic E-state index is 0.168. The van der Waals surface area contributed by atoms with Gasteiger partial charge in [0.25, 0.3) is 0 Å². The molecule has 4 heteroatoms. The SMILES string of the molecule is Cc1ccc(-n2c(C)cc(C(=O)CSc3ccc(Br)cc3)c2C)cc1C. The highest BCUT2D eigenvalue weighted by Crippen LogP contribution is 2.26. The Morgan fingerprint density at radius 3 is 2.31 bits per heavy atom. The second-order valence-electron chi connectivity index (χ2n) is 6.55. The predicted octanol–water partition coefficient (Wildman–Crippen LogP) is 6.45. The Balaban J connectivity index is 1.83. The average Bonchev–Trinajstić information content (AvgIpc) is 2.91. The number of aromatic nitrogens is 1. The van der Waals surface area contributed by atoms with Crippen molar-refractivity contribution in [3.63, 3.8) is 0 Å². The summed E-state index contributed by atoms with van der Waals surface area (Å²) in [6.45, 7) is 8.32. The molecule has 0 aliphatic heterocycles. The van der Waals surface area contributed by atoms with Crippen molar-refractivity contribution in [2.75, 3.05) is 5.75 Å². The number of Topliss-reactive ketones (excluding diaryl/α,β-unsaturated/α-hetero) is 1. The summed E-state index contributed by atoms with van der Waals surface area (Å²) >= 11 is 5.01. The first kappa shape index (κ1) is 19.0. The van der Waals surface area contributed by atoms with Gasteiger partial charge in [-0.1, -0.05) is 22.0 Å². The van der Waals surface area contributed by atoms with Crippen LogP contribution in [0.15, 0.2) is 57.9 Å². The zero-order valence-corrected chi connectivity index (χ0v) is 17.9. The van der Waals surface area contributed by atoms with Crippen LogP contribution < -0.4 is 0 Å². The van der Waals surface area contributed by atoms with Crippen molar-refractivity contribution < 1.29 is 4.79 Å². The van der Waals surface area contributed by atoms with Crippen molar-refractivity contribution in [2.45, 2.75) is 32.6 Å². The minimum absolute atomic E-state index is 0.168. The number of thioether (sulfide) groups is 1. The Morgan fingerprint density at radius 2 is 1.65 bits per heavy atom. The van der Waals surface area contributed by atoms with Gasteiger partial charge in [0.1, 0.15) is 0 Å². The van der Waals surface area contributed by atoms with Crippen molar-refractivity contribution in [1.82, 2.24) is 4.57 Å². The number of ketones is 1. The number of hydrogen-bond acceptors (Lipinski definition) is 2. The Labute approximate surface area is 167 Å². The Morgan fingerprint density at radius 1 is 0.962 bits per heavy atom. The van der Waals surface area contributed by atoms with Crippen molar-refractivity contribution >= 4 is 33.5 Å². The molecule has 26 heavy (non-hydrogen) atoms. The van der Waals surface area contributed by atoms with Crippen LogP contribution in [0.3, 0.4) is 0 Å². The van der Waals surface area contributed by atoms with Crippen LogP contribution in [-0.2, 0) is 0 Å². The molecule has 3 aromatic rings. The van der Waals surface area contributed by atoms with Gasteiger partial charge < -0.3 is 4.57 Å². The quantitative estimate of drug-likeness (QED) is 0.344. The Hall–Kier alpha value is -1.78. The van der Waals surface area contributed by atoms with Crippen LogP contribution in [-0.4, -0.2) is 16.1 Å². The number of hydrogen-bond donors (Lipinski definition) is 0. The summed E-state index contributed by atoms with van der Waals surface area (Å²) in [6.07, 6.45) is 0. The highest BCUT2D eigenvalue weighted by Gasteiger charge is 2.17. The first-order valence-electron chi connectivity index (χ1n) is 8.55. The van der Waals surface area contributed by atoms with E-state index in [0.717, 1.165) is 32.0 Å². The van der Waals surface area contributed by atoms with E-state index in [1.807, 2.05) is 37.3 Å². The molecule has 1 aromatic heterocycles. The van der Waals surface area contributed by atoms with E-state index in [1.54, 1.807) is 11.8 Å². The van der Waals surface area contributed by atoms with E-state index >= 15 is 0 Å². The fourth-order valence-electron chi connectivity index (χ4n) is 3.06. The summed E-state index contributed by atoms with van der Waals surface area (Å²) in [5.74, 6) is 0.611. The van der Waals surface area contributed by atoms with Crippen LogP contribution in [0.5, 0.6) is 0 Å². The standard InChI is InChI=1S/C22H22BrNOS/c1-14-5-8-19(11-15(14)2)24-16(3)12-21(17(24)4)22(25)13-26-20-9-6-18(23)7-10-20/h5-12H,13H2,1-4H3. The van der Waals surface area contributed by atoms with Gasteiger partial charge in [0.05, 0.1) is 5.75 Å². The molecule has 1 heterocycles. The van der Waals surface area contributed by atoms with Gasteiger partial charge in [-0.15, -0.1) is 11.8 Å². The maximum absolute atomic E-state index is 12.8. The van der Waals surface area contributed by atoms with Crippen LogP contribution in [0, 0.1) is 27.7 Å². The topological polar surface area (TPSA) is 22.0 Å². The number of aryl methyl sites for hydroxylation is 3. The van der Waals surface area contributed by atoms with E-state index in [4.69, 9.17) is 0 Å². The van der Waals surface area contributed by atoms with E-state index in [2.05, 4.69) is 59.5 Å². The van der Waals surface area contributed by atoms with E-state index < -0.39 is 0 Å². The monoisotopic (exact) mass is 427 g/mol. The van der Waals surface area contributed by atoms with E-state index in [0.29, 0.717) is 5.75 Å². The number of nitrogens with zero attached hydrogens (tertiary/aromatic N) is 1. The fourth-order valence-corrected chi connectivity index (χ4v) is 4.11. The lowest BCUT2D eigenvalue weighted by atomic mass is 10.1. The predicted molar refractivity (Wildman–Crippen MR) is 114 cm³/mol. The molecule has 0 saturated carbocycles. The van der Waals surface area contributed by atoms with Crippen molar-refractivity contribution in [3.8, 4) is 5.69 Å². The Kier molecular flexibility index (Phi) is 5.73. The van der Waals surface area contributed by atoms with Gasteiger partial charge in [0.2, 0.25) is 0 Å². The zero-order valence-electron chi connectivity index (χ0n) is 15.5. The molecule has 0 radical (unpaired) electrons. The van der Waals surface area contributed by atoms with Crippen LogP contribution in [0.2, 0.25) is 0 Å². The molecular weight excluding hydrogens is 406 g/mol. The Bertz CT molecular complexity index is 957. The summed E-state index contributed by atoms with van der Waals surface area (Å²) in [4.78, 5) is 13.9. The van der Waals surface area contributed by atoms with Gasteiger partial charge in [-0.05, 0) is 81.3 Å². The average molecular weight is 428 g/mol. The number of carbonyl (C=O) groups excluding carboxylic acids is 1. The molecule has 2 nitrogen and oxygen atoms in total. The van der Waals surface area contributed by atoms with Gasteiger partial charge >= 0.3 is 0 Å². The first-order valence-corrected chi connectivity index (χ1v) is 10.3. The van der Waals surface area contributed by atoms with Crippen LogP contribution >= 0.6 is 27.7 Å². The second kappa shape index (κ2) is 7.85. The van der Waals surface area contributed by atoms with Gasteiger partial charge in [-0.2, -0.15) is 0 Å². The molecule has 2 aromatic carbocycles. The van der Waals surface area contributed by atoms with Crippen molar-refractivity contribution in [3.05, 3.63) is 81.1 Å². The lowest BCUT2D eigenvalue weighted by molar-refractivity contribution is 0.102. The van der Waals surface area contributed by atoms with E-state index in [9.17, 15) is 4.79 Å².